The summed E-state index contributed by atoms with van der Waals surface area (Å²) in [6.45, 7) is 4.00. The lowest BCUT2D eigenvalue weighted by molar-refractivity contribution is 0.0384. The number of hydrogen-bond acceptors (Lipinski definition) is 3. The smallest absolute Gasteiger partial charge is 0.294 e. The van der Waals surface area contributed by atoms with Crippen LogP contribution < -0.4 is 0 Å². The fourth-order valence-electron chi connectivity index (χ4n) is 2.06. The molecule has 2 N–H and O–H groups in total. The fourth-order valence-corrected chi connectivity index (χ4v) is 2.88. The molecule has 1 rings (SSSR count). The van der Waals surface area contributed by atoms with Gasteiger partial charge in [0, 0.05) is 0 Å². The summed E-state index contributed by atoms with van der Waals surface area (Å²) in [7, 11) is -4.34. The van der Waals surface area contributed by atoms with Gasteiger partial charge in [-0.3, -0.25) is 4.55 Å². The SMILES string of the molecule is CC(C)C1CCCC(O)(S(=O)(=O)O)C1. The second-order valence-electron chi connectivity index (χ2n) is 4.52. The van der Waals surface area contributed by atoms with Crippen LogP contribution >= 0.6 is 0 Å². The summed E-state index contributed by atoms with van der Waals surface area (Å²) in [6.07, 6.45) is 1.88. The van der Waals surface area contributed by atoms with Gasteiger partial charge in [-0.05, 0) is 37.5 Å². The molecule has 0 aromatic heterocycles. The third-order valence-corrected chi connectivity index (χ3v) is 4.48. The Bertz CT molecular complexity index is 296. The normalized spacial score (nSPS) is 34.8. The van der Waals surface area contributed by atoms with Crippen molar-refractivity contribution in [2.75, 3.05) is 0 Å². The summed E-state index contributed by atoms with van der Waals surface area (Å²) in [5.74, 6) is 0.513. The first-order chi connectivity index (χ1) is 6.26. The highest BCUT2D eigenvalue weighted by atomic mass is 32.2. The van der Waals surface area contributed by atoms with Gasteiger partial charge in [0.1, 0.15) is 0 Å². The first kappa shape index (κ1) is 11.9. The standard InChI is InChI=1S/C9H18O4S/c1-7(2)8-4-3-5-9(10,6-8)14(11,12)13/h7-8,10H,3-6H2,1-2H3,(H,11,12,13). The number of hydrogen-bond donors (Lipinski definition) is 2. The third-order valence-electron chi connectivity index (χ3n) is 3.15. The summed E-state index contributed by atoms with van der Waals surface area (Å²) in [5, 5.41) is 9.79. The van der Waals surface area contributed by atoms with E-state index >= 15 is 0 Å². The van der Waals surface area contributed by atoms with E-state index in [0.717, 1.165) is 6.42 Å². The van der Waals surface area contributed by atoms with E-state index in [1.165, 1.54) is 0 Å². The second-order valence-corrected chi connectivity index (χ2v) is 6.23. The molecule has 5 heteroatoms. The molecule has 0 bridgehead atoms. The van der Waals surface area contributed by atoms with E-state index in [9.17, 15) is 13.5 Å². The van der Waals surface area contributed by atoms with Gasteiger partial charge in [0.2, 0.25) is 0 Å². The molecule has 2 unspecified atom stereocenters. The van der Waals surface area contributed by atoms with Crippen LogP contribution in [-0.2, 0) is 10.1 Å². The topological polar surface area (TPSA) is 74.6 Å². The van der Waals surface area contributed by atoms with Crippen LogP contribution in [0.1, 0.15) is 39.5 Å². The van der Waals surface area contributed by atoms with Crippen molar-refractivity contribution in [2.45, 2.75) is 44.5 Å². The molecule has 1 fully saturated rings. The lowest BCUT2D eigenvalue weighted by atomic mass is 9.80. The molecule has 1 saturated carbocycles. The van der Waals surface area contributed by atoms with E-state index in [2.05, 4.69) is 0 Å². The van der Waals surface area contributed by atoms with E-state index in [4.69, 9.17) is 4.55 Å². The highest BCUT2D eigenvalue weighted by Crippen LogP contribution is 2.38. The van der Waals surface area contributed by atoms with Gasteiger partial charge in [-0.1, -0.05) is 13.8 Å². The fraction of sp³-hybridized carbons (Fsp3) is 1.00. The molecule has 0 aliphatic heterocycles. The van der Waals surface area contributed by atoms with Crippen molar-refractivity contribution in [1.82, 2.24) is 0 Å². The van der Waals surface area contributed by atoms with E-state index < -0.39 is 15.1 Å². The molecule has 4 nitrogen and oxygen atoms in total. The van der Waals surface area contributed by atoms with E-state index in [-0.39, 0.29) is 18.8 Å². The predicted molar refractivity (Wildman–Crippen MR) is 53.3 cm³/mol. The van der Waals surface area contributed by atoms with Crippen LogP contribution in [-0.4, -0.2) is 23.0 Å². The van der Waals surface area contributed by atoms with Crippen molar-refractivity contribution in [2.24, 2.45) is 11.8 Å². The molecule has 0 heterocycles. The third kappa shape index (κ3) is 2.27. The number of rotatable bonds is 2. The van der Waals surface area contributed by atoms with Crippen LogP contribution in [0.15, 0.2) is 0 Å². The molecule has 84 valence electrons. The first-order valence-corrected chi connectivity index (χ1v) is 6.40. The van der Waals surface area contributed by atoms with Gasteiger partial charge in [0.25, 0.3) is 10.1 Å². The molecule has 0 saturated heterocycles. The molecular weight excluding hydrogens is 204 g/mol. The molecule has 0 radical (unpaired) electrons. The van der Waals surface area contributed by atoms with Crippen molar-refractivity contribution in [3.8, 4) is 0 Å². The summed E-state index contributed by atoms with van der Waals surface area (Å²) in [5.41, 5.74) is 0. The minimum atomic E-state index is -4.34. The molecule has 14 heavy (non-hydrogen) atoms. The monoisotopic (exact) mass is 222 g/mol. The lowest BCUT2D eigenvalue weighted by Gasteiger charge is -2.35. The van der Waals surface area contributed by atoms with Crippen molar-refractivity contribution >= 4 is 10.1 Å². The Morgan fingerprint density at radius 2 is 2.00 bits per heavy atom. The Labute approximate surface area is 85.1 Å². The maximum Gasteiger partial charge on any atom is 0.294 e. The van der Waals surface area contributed by atoms with Gasteiger partial charge >= 0.3 is 0 Å². The van der Waals surface area contributed by atoms with Gasteiger partial charge in [0.05, 0.1) is 0 Å². The Morgan fingerprint density at radius 3 is 2.43 bits per heavy atom. The van der Waals surface area contributed by atoms with Gasteiger partial charge in [0.15, 0.2) is 4.93 Å². The second kappa shape index (κ2) is 3.79. The average Bonchev–Trinajstić information content (AvgIpc) is 2.02. The highest BCUT2D eigenvalue weighted by Gasteiger charge is 2.45. The molecule has 1 aliphatic carbocycles. The average molecular weight is 222 g/mol. The van der Waals surface area contributed by atoms with Gasteiger partial charge in [-0.15, -0.1) is 0 Å². The highest BCUT2D eigenvalue weighted by molar-refractivity contribution is 7.87. The van der Waals surface area contributed by atoms with Gasteiger partial charge in [-0.2, -0.15) is 8.42 Å². The zero-order valence-electron chi connectivity index (χ0n) is 8.60. The molecule has 0 amide bonds. The minimum Gasteiger partial charge on any atom is -0.372 e. The Kier molecular flexibility index (Phi) is 3.23. The lowest BCUT2D eigenvalue weighted by Crippen LogP contribution is -2.43. The van der Waals surface area contributed by atoms with Crippen LogP contribution in [0, 0.1) is 11.8 Å². The summed E-state index contributed by atoms with van der Waals surface area (Å²) < 4.78 is 30.9. The maximum absolute atomic E-state index is 11.0. The first-order valence-electron chi connectivity index (χ1n) is 4.96. The Balaban J connectivity index is 2.83. The Morgan fingerprint density at radius 1 is 1.43 bits per heavy atom. The van der Waals surface area contributed by atoms with Crippen molar-refractivity contribution in [3.05, 3.63) is 0 Å². The van der Waals surface area contributed by atoms with Crippen LogP contribution in [0.25, 0.3) is 0 Å². The Hall–Kier alpha value is -0.130. The largest absolute Gasteiger partial charge is 0.372 e. The minimum absolute atomic E-state index is 0.148. The van der Waals surface area contributed by atoms with Crippen molar-refractivity contribution in [3.63, 3.8) is 0 Å². The summed E-state index contributed by atoms with van der Waals surface area (Å²) in [4.78, 5) is -1.90. The van der Waals surface area contributed by atoms with Crippen LogP contribution in [0.2, 0.25) is 0 Å². The molecule has 0 spiro atoms. The van der Waals surface area contributed by atoms with E-state index in [1.54, 1.807) is 0 Å². The summed E-state index contributed by atoms with van der Waals surface area (Å²) in [6, 6.07) is 0. The van der Waals surface area contributed by atoms with Crippen LogP contribution in [0.4, 0.5) is 0 Å². The van der Waals surface area contributed by atoms with E-state index in [1.807, 2.05) is 13.8 Å². The molecule has 0 aromatic carbocycles. The molecule has 2 atom stereocenters. The molecule has 0 aromatic rings. The van der Waals surface area contributed by atoms with Crippen LogP contribution in [0.3, 0.4) is 0 Å². The molecular formula is C9H18O4S. The molecule has 1 aliphatic rings. The zero-order chi connectivity index (χ0) is 11.0. The van der Waals surface area contributed by atoms with Crippen molar-refractivity contribution in [1.29, 1.82) is 0 Å². The van der Waals surface area contributed by atoms with Gasteiger partial charge in [-0.25, -0.2) is 0 Å². The number of aliphatic hydroxyl groups is 1. The predicted octanol–water partition coefficient (Wildman–Crippen LogP) is 1.41. The van der Waals surface area contributed by atoms with E-state index in [0.29, 0.717) is 12.3 Å². The van der Waals surface area contributed by atoms with Crippen LogP contribution in [0.5, 0.6) is 0 Å². The quantitative estimate of drug-likeness (QED) is 0.693. The maximum atomic E-state index is 11.0. The zero-order valence-corrected chi connectivity index (χ0v) is 9.42. The summed E-state index contributed by atoms with van der Waals surface area (Å²) >= 11 is 0. The van der Waals surface area contributed by atoms with Crippen molar-refractivity contribution < 1.29 is 18.1 Å². The van der Waals surface area contributed by atoms with Gasteiger partial charge < -0.3 is 5.11 Å².